The Bertz CT molecular complexity index is 814. The van der Waals surface area contributed by atoms with Crippen molar-refractivity contribution < 1.29 is 9.53 Å². The minimum absolute atomic E-state index is 0.0927. The molecule has 1 amide bonds. The maximum absolute atomic E-state index is 13.4. The van der Waals surface area contributed by atoms with Gasteiger partial charge in [0.15, 0.2) is 0 Å². The fourth-order valence-electron chi connectivity index (χ4n) is 3.82. The van der Waals surface area contributed by atoms with E-state index in [0.717, 1.165) is 16.6 Å². The molecule has 2 aromatic carbocycles. The van der Waals surface area contributed by atoms with Crippen molar-refractivity contribution in [1.82, 2.24) is 10.2 Å². The highest BCUT2D eigenvalue weighted by atomic mass is 79.9. The summed E-state index contributed by atoms with van der Waals surface area (Å²) >= 11 is 3.49. The van der Waals surface area contributed by atoms with Crippen molar-refractivity contribution in [3.05, 3.63) is 69.7 Å². The Balaban J connectivity index is 1.77. The van der Waals surface area contributed by atoms with Crippen LogP contribution in [0.1, 0.15) is 43.4 Å². The van der Waals surface area contributed by atoms with Gasteiger partial charge < -0.3 is 10.1 Å². The summed E-state index contributed by atoms with van der Waals surface area (Å²) in [6, 6.07) is 17.0. The minimum atomic E-state index is -0.525. The second kappa shape index (κ2) is 9.88. The maximum Gasteiger partial charge on any atom is 0.231 e. The first-order valence-electron chi connectivity index (χ1n) is 10.3. The molecule has 1 aliphatic rings. The summed E-state index contributed by atoms with van der Waals surface area (Å²) < 4.78 is 6.59. The number of nitrogens with one attached hydrogen (secondary N) is 1. The Labute approximate surface area is 182 Å². The van der Waals surface area contributed by atoms with E-state index < -0.39 is 5.41 Å². The standard InChI is InChI=1S/C24H31BrN2O2/c1-18(2)27(3)17-20-7-5-4-6-19(20)16-26-23(28)24(12-14-29-15-13-24)21-8-10-22(25)11-9-21/h4-11,18H,12-17H2,1-3H3,(H,26,28). The van der Waals surface area contributed by atoms with Gasteiger partial charge in [-0.1, -0.05) is 52.3 Å². The van der Waals surface area contributed by atoms with E-state index in [1.54, 1.807) is 0 Å². The summed E-state index contributed by atoms with van der Waals surface area (Å²) in [5.41, 5.74) is 2.97. The highest BCUT2D eigenvalue weighted by Crippen LogP contribution is 2.36. The van der Waals surface area contributed by atoms with Gasteiger partial charge in [0.2, 0.25) is 5.91 Å². The van der Waals surface area contributed by atoms with Crippen molar-refractivity contribution in [2.24, 2.45) is 0 Å². The molecule has 1 N–H and O–H groups in total. The monoisotopic (exact) mass is 458 g/mol. The van der Waals surface area contributed by atoms with Crippen LogP contribution in [0.25, 0.3) is 0 Å². The fourth-order valence-corrected chi connectivity index (χ4v) is 4.08. The molecule has 2 aromatic rings. The Morgan fingerprint density at radius 1 is 1.10 bits per heavy atom. The van der Waals surface area contributed by atoms with Gasteiger partial charge in [0, 0.05) is 36.8 Å². The lowest BCUT2D eigenvalue weighted by molar-refractivity contribution is -0.130. The van der Waals surface area contributed by atoms with Gasteiger partial charge in [0.05, 0.1) is 5.41 Å². The van der Waals surface area contributed by atoms with Crippen LogP contribution in [-0.2, 0) is 28.0 Å². The van der Waals surface area contributed by atoms with E-state index in [4.69, 9.17) is 4.74 Å². The van der Waals surface area contributed by atoms with Crippen LogP contribution in [0.3, 0.4) is 0 Å². The van der Waals surface area contributed by atoms with E-state index in [1.165, 1.54) is 11.1 Å². The van der Waals surface area contributed by atoms with E-state index in [-0.39, 0.29) is 5.91 Å². The summed E-state index contributed by atoms with van der Waals surface area (Å²) in [6.45, 7) is 7.02. The average Bonchev–Trinajstić information content (AvgIpc) is 2.73. The summed E-state index contributed by atoms with van der Waals surface area (Å²) in [5.74, 6) is 0.0927. The lowest BCUT2D eigenvalue weighted by atomic mass is 9.73. The average molecular weight is 459 g/mol. The zero-order valence-electron chi connectivity index (χ0n) is 17.6. The van der Waals surface area contributed by atoms with Gasteiger partial charge in [-0.25, -0.2) is 0 Å². The summed E-state index contributed by atoms with van der Waals surface area (Å²) in [5, 5.41) is 3.24. The van der Waals surface area contributed by atoms with Gasteiger partial charge in [0.25, 0.3) is 0 Å². The SMILES string of the molecule is CC(C)N(C)Cc1ccccc1CNC(=O)C1(c2ccc(Br)cc2)CCOCC1. The molecule has 1 saturated heterocycles. The van der Waals surface area contributed by atoms with Crippen LogP contribution in [0.5, 0.6) is 0 Å². The lowest BCUT2D eigenvalue weighted by Crippen LogP contribution is -2.47. The van der Waals surface area contributed by atoms with Gasteiger partial charge in [-0.2, -0.15) is 0 Å². The molecule has 1 heterocycles. The number of nitrogens with zero attached hydrogens (tertiary/aromatic N) is 1. The Hall–Kier alpha value is -1.69. The first-order valence-corrected chi connectivity index (χ1v) is 11.1. The number of hydrogen-bond donors (Lipinski definition) is 1. The normalized spacial score (nSPS) is 16.2. The van der Waals surface area contributed by atoms with Gasteiger partial charge in [0.1, 0.15) is 0 Å². The topological polar surface area (TPSA) is 41.6 Å². The van der Waals surface area contributed by atoms with Crippen LogP contribution in [-0.4, -0.2) is 37.1 Å². The Morgan fingerprint density at radius 2 is 1.72 bits per heavy atom. The summed E-state index contributed by atoms with van der Waals surface area (Å²) in [7, 11) is 2.13. The number of carbonyl (C=O) groups is 1. The third-order valence-electron chi connectivity index (χ3n) is 6.04. The molecule has 3 rings (SSSR count). The van der Waals surface area contributed by atoms with Crippen molar-refractivity contribution in [2.75, 3.05) is 20.3 Å². The quantitative estimate of drug-likeness (QED) is 0.655. The molecular formula is C24H31BrN2O2. The fraction of sp³-hybridized carbons (Fsp3) is 0.458. The van der Waals surface area contributed by atoms with Crippen molar-refractivity contribution in [3.8, 4) is 0 Å². The second-order valence-corrected chi connectivity index (χ2v) is 9.08. The van der Waals surface area contributed by atoms with E-state index in [2.05, 4.69) is 77.4 Å². The van der Waals surface area contributed by atoms with Crippen LogP contribution in [0, 0.1) is 0 Å². The molecule has 0 aromatic heterocycles. The first kappa shape index (κ1) is 22.0. The zero-order valence-corrected chi connectivity index (χ0v) is 19.2. The molecule has 1 fully saturated rings. The Morgan fingerprint density at radius 3 is 2.34 bits per heavy atom. The highest BCUT2D eigenvalue weighted by molar-refractivity contribution is 9.10. The molecule has 0 spiro atoms. The number of amides is 1. The predicted octanol–water partition coefficient (Wildman–Crippen LogP) is 4.65. The number of ether oxygens (including phenoxy) is 1. The van der Waals surface area contributed by atoms with Crippen molar-refractivity contribution in [2.45, 2.75) is 51.2 Å². The second-order valence-electron chi connectivity index (χ2n) is 8.16. The Kier molecular flexibility index (Phi) is 7.49. The van der Waals surface area contributed by atoms with Gasteiger partial charge >= 0.3 is 0 Å². The molecule has 0 saturated carbocycles. The van der Waals surface area contributed by atoms with Crippen LogP contribution in [0.2, 0.25) is 0 Å². The number of carbonyl (C=O) groups excluding carboxylic acids is 1. The maximum atomic E-state index is 13.4. The number of hydrogen-bond acceptors (Lipinski definition) is 3. The summed E-state index contributed by atoms with van der Waals surface area (Å²) in [6.07, 6.45) is 1.41. The molecule has 0 unspecified atom stereocenters. The van der Waals surface area contributed by atoms with Crippen molar-refractivity contribution in [3.63, 3.8) is 0 Å². The third kappa shape index (κ3) is 5.27. The molecule has 0 atom stereocenters. The van der Waals surface area contributed by atoms with Gasteiger partial charge in [-0.15, -0.1) is 0 Å². The van der Waals surface area contributed by atoms with Gasteiger partial charge in [-0.05, 0) is 62.6 Å². The van der Waals surface area contributed by atoms with Crippen LogP contribution in [0.15, 0.2) is 53.0 Å². The van der Waals surface area contributed by atoms with Crippen molar-refractivity contribution >= 4 is 21.8 Å². The van der Waals surface area contributed by atoms with E-state index in [0.29, 0.717) is 38.6 Å². The molecule has 4 nitrogen and oxygen atoms in total. The number of halogens is 1. The number of rotatable bonds is 7. The summed E-state index contributed by atoms with van der Waals surface area (Å²) in [4.78, 5) is 15.7. The molecule has 5 heteroatoms. The lowest BCUT2D eigenvalue weighted by Gasteiger charge is -2.36. The van der Waals surface area contributed by atoms with E-state index in [1.807, 2.05) is 18.2 Å². The highest BCUT2D eigenvalue weighted by Gasteiger charge is 2.41. The molecule has 29 heavy (non-hydrogen) atoms. The van der Waals surface area contributed by atoms with E-state index >= 15 is 0 Å². The zero-order chi connectivity index (χ0) is 20.9. The molecule has 0 radical (unpaired) electrons. The molecule has 1 aliphatic heterocycles. The van der Waals surface area contributed by atoms with Crippen LogP contribution < -0.4 is 5.32 Å². The molecule has 156 valence electrons. The molecular weight excluding hydrogens is 428 g/mol. The minimum Gasteiger partial charge on any atom is -0.381 e. The largest absolute Gasteiger partial charge is 0.381 e. The van der Waals surface area contributed by atoms with Crippen LogP contribution in [0.4, 0.5) is 0 Å². The van der Waals surface area contributed by atoms with Gasteiger partial charge in [-0.3, -0.25) is 9.69 Å². The predicted molar refractivity (Wildman–Crippen MR) is 121 cm³/mol. The van der Waals surface area contributed by atoms with Crippen LogP contribution >= 0.6 is 15.9 Å². The van der Waals surface area contributed by atoms with Crippen molar-refractivity contribution in [1.29, 1.82) is 0 Å². The smallest absolute Gasteiger partial charge is 0.231 e. The molecule has 0 aliphatic carbocycles. The third-order valence-corrected chi connectivity index (χ3v) is 6.57. The molecule has 0 bridgehead atoms. The number of benzene rings is 2. The first-order chi connectivity index (χ1) is 13.9. The van der Waals surface area contributed by atoms with E-state index in [9.17, 15) is 4.79 Å².